The Hall–Kier alpha value is 0.220. The molecule has 1 rings (SSSR count). The van der Waals surface area contributed by atoms with Gasteiger partial charge in [0, 0.05) is 11.0 Å². The summed E-state index contributed by atoms with van der Waals surface area (Å²) in [5.41, 5.74) is 6.59. The molecule has 0 aliphatic rings. The number of nitrogens with two attached hydrogens (primary N) is 1. The third kappa shape index (κ3) is 2.33. The third-order valence-corrected chi connectivity index (χ3v) is 4.94. The highest BCUT2D eigenvalue weighted by atomic mass is 79.9. The Kier molecular flexibility index (Phi) is 4.89. The topological polar surface area (TPSA) is 44.5 Å². The normalized spacial score (nSPS) is 10.3. The number of benzene rings is 1. The van der Waals surface area contributed by atoms with Crippen molar-refractivity contribution in [2.45, 2.75) is 6.54 Å². The van der Waals surface area contributed by atoms with Crippen LogP contribution in [0.15, 0.2) is 13.4 Å². The van der Waals surface area contributed by atoms with Crippen molar-refractivity contribution in [3.63, 3.8) is 0 Å². The number of hydrogen-bond acceptors (Lipinski definition) is 3. The van der Waals surface area contributed by atoms with Crippen LogP contribution in [0, 0.1) is 0 Å². The first kappa shape index (κ1) is 13.3. The predicted molar refractivity (Wildman–Crippen MR) is 70.5 cm³/mol. The Labute approximate surface area is 114 Å². The lowest BCUT2D eigenvalue weighted by Crippen LogP contribution is -2.03. The molecular formula is C9H10Br3NO2. The Morgan fingerprint density at radius 2 is 1.40 bits per heavy atom. The molecule has 0 amide bonds. The molecule has 0 aliphatic heterocycles. The molecule has 0 saturated carbocycles. The molecule has 0 atom stereocenters. The van der Waals surface area contributed by atoms with Crippen molar-refractivity contribution in [1.82, 2.24) is 0 Å². The van der Waals surface area contributed by atoms with Gasteiger partial charge in [-0.15, -0.1) is 0 Å². The first-order chi connectivity index (χ1) is 7.08. The van der Waals surface area contributed by atoms with Gasteiger partial charge < -0.3 is 15.2 Å². The van der Waals surface area contributed by atoms with Crippen LogP contribution in [0.25, 0.3) is 0 Å². The molecule has 1 aromatic rings. The van der Waals surface area contributed by atoms with Crippen LogP contribution in [0.5, 0.6) is 11.5 Å². The second kappa shape index (κ2) is 5.52. The van der Waals surface area contributed by atoms with Crippen LogP contribution in [0.1, 0.15) is 5.56 Å². The standard InChI is InChI=1S/C9H10Br3NO2/c1-14-8-6(11)4(3-13)5(10)7(12)9(8)15-2/h3,13H2,1-2H3. The molecule has 6 heteroatoms. The lowest BCUT2D eigenvalue weighted by atomic mass is 10.2. The third-order valence-electron chi connectivity index (χ3n) is 1.94. The summed E-state index contributed by atoms with van der Waals surface area (Å²) in [5, 5.41) is 0. The molecule has 0 unspecified atom stereocenters. The van der Waals surface area contributed by atoms with E-state index in [-0.39, 0.29) is 0 Å². The molecule has 0 saturated heterocycles. The minimum absolute atomic E-state index is 0.403. The van der Waals surface area contributed by atoms with Crippen molar-refractivity contribution in [1.29, 1.82) is 0 Å². The summed E-state index contributed by atoms with van der Waals surface area (Å²) in [5.74, 6) is 1.27. The van der Waals surface area contributed by atoms with Crippen molar-refractivity contribution in [3.8, 4) is 11.5 Å². The van der Waals surface area contributed by atoms with Gasteiger partial charge in [0.2, 0.25) is 0 Å². The minimum atomic E-state index is 0.403. The lowest BCUT2D eigenvalue weighted by Gasteiger charge is -2.16. The van der Waals surface area contributed by atoms with Crippen LogP contribution in [0.4, 0.5) is 0 Å². The zero-order valence-corrected chi connectivity index (χ0v) is 13.0. The van der Waals surface area contributed by atoms with Crippen molar-refractivity contribution in [2.24, 2.45) is 5.73 Å². The summed E-state index contributed by atoms with van der Waals surface area (Å²) in [6.45, 7) is 0.403. The zero-order valence-electron chi connectivity index (χ0n) is 8.23. The van der Waals surface area contributed by atoms with Crippen LogP contribution in [0.2, 0.25) is 0 Å². The zero-order chi connectivity index (χ0) is 11.6. The van der Waals surface area contributed by atoms with Crippen molar-refractivity contribution in [2.75, 3.05) is 14.2 Å². The molecule has 0 radical (unpaired) electrons. The first-order valence-electron chi connectivity index (χ1n) is 4.05. The molecule has 0 aromatic heterocycles. The van der Waals surface area contributed by atoms with Gasteiger partial charge in [-0.25, -0.2) is 0 Å². The lowest BCUT2D eigenvalue weighted by molar-refractivity contribution is 0.350. The van der Waals surface area contributed by atoms with E-state index in [0.717, 1.165) is 19.0 Å². The molecule has 0 spiro atoms. The highest BCUT2D eigenvalue weighted by Gasteiger charge is 2.20. The maximum atomic E-state index is 5.66. The Morgan fingerprint density at radius 1 is 0.933 bits per heavy atom. The smallest absolute Gasteiger partial charge is 0.177 e. The molecule has 15 heavy (non-hydrogen) atoms. The SMILES string of the molecule is COc1c(Br)c(Br)c(CN)c(Br)c1OC. The second-order valence-corrected chi connectivity index (χ2v) is 5.07. The molecule has 0 heterocycles. The maximum absolute atomic E-state index is 5.66. The van der Waals surface area contributed by atoms with Gasteiger partial charge in [-0.05, 0) is 53.4 Å². The van der Waals surface area contributed by atoms with E-state index in [1.165, 1.54) is 0 Å². The summed E-state index contributed by atoms with van der Waals surface area (Å²) < 4.78 is 13.0. The highest BCUT2D eigenvalue weighted by Crippen LogP contribution is 2.47. The fourth-order valence-corrected chi connectivity index (χ4v) is 3.30. The molecule has 84 valence electrons. The Bertz CT molecular complexity index is 382. The van der Waals surface area contributed by atoms with E-state index in [2.05, 4.69) is 47.8 Å². The predicted octanol–water partition coefficient (Wildman–Crippen LogP) is 3.45. The number of halogens is 3. The van der Waals surface area contributed by atoms with Crippen LogP contribution < -0.4 is 15.2 Å². The van der Waals surface area contributed by atoms with E-state index in [0.29, 0.717) is 18.0 Å². The molecular weight excluding hydrogens is 394 g/mol. The Balaban J connectivity index is 3.57. The van der Waals surface area contributed by atoms with Gasteiger partial charge in [0.25, 0.3) is 0 Å². The van der Waals surface area contributed by atoms with E-state index in [9.17, 15) is 0 Å². The van der Waals surface area contributed by atoms with E-state index in [1.54, 1.807) is 14.2 Å². The average molecular weight is 404 g/mol. The van der Waals surface area contributed by atoms with E-state index in [1.807, 2.05) is 0 Å². The van der Waals surface area contributed by atoms with Gasteiger partial charge in [-0.1, -0.05) is 0 Å². The summed E-state index contributed by atoms with van der Waals surface area (Å²) in [6.07, 6.45) is 0. The van der Waals surface area contributed by atoms with Crippen molar-refractivity contribution < 1.29 is 9.47 Å². The molecule has 0 aliphatic carbocycles. The van der Waals surface area contributed by atoms with Crippen LogP contribution >= 0.6 is 47.8 Å². The summed E-state index contributed by atoms with van der Waals surface area (Å²) in [4.78, 5) is 0. The fourth-order valence-electron chi connectivity index (χ4n) is 1.21. The molecule has 2 N–H and O–H groups in total. The largest absolute Gasteiger partial charge is 0.492 e. The quantitative estimate of drug-likeness (QED) is 0.786. The second-order valence-electron chi connectivity index (χ2n) is 2.69. The van der Waals surface area contributed by atoms with E-state index >= 15 is 0 Å². The summed E-state index contributed by atoms with van der Waals surface area (Å²) in [7, 11) is 3.17. The van der Waals surface area contributed by atoms with Crippen molar-refractivity contribution in [3.05, 3.63) is 19.0 Å². The van der Waals surface area contributed by atoms with Gasteiger partial charge in [-0.3, -0.25) is 0 Å². The number of methoxy groups -OCH3 is 2. The summed E-state index contributed by atoms with van der Waals surface area (Å²) in [6, 6.07) is 0. The van der Waals surface area contributed by atoms with Gasteiger partial charge in [0.1, 0.15) is 0 Å². The maximum Gasteiger partial charge on any atom is 0.177 e. The Morgan fingerprint density at radius 3 is 1.80 bits per heavy atom. The van der Waals surface area contributed by atoms with Crippen LogP contribution in [0.3, 0.4) is 0 Å². The number of rotatable bonds is 3. The van der Waals surface area contributed by atoms with Gasteiger partial charge in [-0.2, -0.15) is 0 Å². The fraction of sp³-hybridized carbons (Fsp3) is 0.333. The van der Waals surface area contributed by atoms with Crippen LogP contribution in [-0.4, -0.2) is 14.2 Å². The first-order valence-corrected chi connectivity index (χ1v) is 6.43. The molecule has 1 aromatic carbocycles. The minimum Gasteiger partial charge on any atom is -0.492 e. The van der Waals surface area contributed by atoms with Crippen molar-refractivity contribution >= 4 is 47.8 Å². The summed E-state index contributed by atoms with van der Waals surface area (Å²) >= 11 is 10.3. The number of ether oxygens (including phenoxy) is 2. The average Bonchev–Trinajstić information content (AvgIpc) is 2.23. The highest BCUT2D eigenvalue weighted by molar-refractivity contribution is 9.13. The molecule has 0 fully saturated rings. The van der Waals surface area contributed by atoms with Gasteiger partial charge in [0.05, 0.1) is 23.2 Å². The number of hydrogen-bond donors (Lipinski definition) is 1. The van der Waals surface area contributed by atoms with E-state index < -0.39 is 0 Å². The van der Waals surface area contributed by atoms with E-state index in [4.69, 9.17) is 15.2 Å². The monoisotopic (exact) mass is 401 g/mol. The van der Waals surface area contributed by atoms with Crippen LogP contribution in [-0.2, 0) is 6.54 Å². The molecule has 0 bridgehead atoms. The molecule has 3 nitrogen and oxygen atoms in total. The van der Waals surface area contributed by atoms with Gasteiger partial charge in [0.15, 0.2) is 11.5 Å². The van der Waals surface area contributed by atoms with Gasteiger partial charge >= 0.3 is 0 Å².